The van der Waals surface area contributed by atoms with E-state index in [1.165, 1.54) is 12.1 Å². The van der Waals surface area contributed by atoms with Crippen LogP contribution in [0.3, 0.4) is 0 Å². The van der Waals surface area contributed by atoms with Gasteiger partial charge in [-0.2, -0.15) is 0 Å². The lowest BCUT2D eigenvalue weighted by Gasteiger charge is -2.20. The Labute approximate surface area is 173 Å². The molecule has 0 aliphatic heterocycles. The van der Waals surface area contributed by atoms with Gasteiger partial charge < -0.3 is 10.6 Å². The van der Waals surface area contributed by atoms with Crippen LogP contribution < -0.4 is 15.8 Å². The van der Waals surface area contributed by atoms with Crippen LogP contribution in [0.2, 0.25) is 5.02 Å². The number of hydrogen-bond acceptors (Lipinski definition) is 4. The molecule has 0 saturated heterocycles. The first-order chi connectivity index (χ1) is 13.5. The normalized spacial score (nSPS) is 12.5. The molecule has 0 aromatic heterocycles. The molecular weight excluding hydrogens is 421 g/mol. The van der Waals surface area contributed by atoms with E-state index in [-0.39, 0.29) is 11.6 Å². The lowest BCUT2D eigenvalue weighted by atomic mass is 10.0. The molecule has 7 nitrogen and oxygen atoms in total. The molecule has 0 bridgehead atoms. The first-order valence-electron chi connectivity index (χ1n) is 8.66. The summed E-state index contributed by atoms with van der Waals surface area (Å²) < 4.78 is 36.7. The maximum atomic E-state index is 13.7. The van der Waals surface area contributed by atoms with Crippen molar-refractivity contribution < 1.29 is 22.4 Å². The molecule has 0 aliphatic rings. The molecule has 2 aromatic rings. The molecule has 0 spiro atoms. The smallest absolute Gasteiger partial charge is 0.251 e. The van der Waals surface area contributed by atoms with E-state index in [0.29, 0.717) is 17.0 Å². The molecular formula is C19H21ClFN3O4S. The fourth-order valence-corrected chi connectivity index (χ4v) is 3.27. The molecule has 0 saturated carbocycles. The third-order valence-electron chi connectivity index (χ3n) is 3.90. The quantitative estimate of drug-likeness (QED) is 0.612. The summed E-state index contributed by atoms with van der Waals surface area (Å²) in [6.45, 7) is 3.74. The summed E-state index contributed by atoms with van der Waals surface area (Å²) >= 11 is 5.81. The molecule has 0 heterocycles. The average molecular weight is 442 g/mol. The van der Waals surface area contributed by atoms with Gasteiger partial charge in [0.1, 0.15) is 11.9 Å². The Bertz CT molecular complexity index is 1010. The van der Waals surface area contributed by atoms with Gasteiger partial charge in [0, 0.05) is 16.3 Å². The van der Waals surface area contributed by atoms with Gasteiger partial charge in [-0.1, -0.05) is 25.4 Å². The summed E-state index contributed by atoms with van der Waals surface area (Å²) in [6.07, 6.45) is 0.308. The van der Waals surface area contributed by atoms with E-state index < -0.39 is 38.6 Å². The van der Waals surface area contributed by atoms with Gasteiger partial charge in [0.2, 0.25) is 15.9 Å². The van der Waals surface area contributed by atoms with Gasteiger partial charge in [-0.25, -0.2) is 17.9 Å². The highest BCUT2D eigenvalue weighted by molar-refractivity contribution is 7.89. The van der Waals surface area contributed by atoms with Crippen LogP contribution in [0.4, 0.5) is 10.1 Å². The van der Waals surface area contributed by atoms with Crippen LogP contribution in [0, 0.1) is 11.7 Å². The number of halogens is 2. The summed E-state index contributed by atoms with van der Waals surface area (Å²) in [5.41, 5.74) is 0.228. The first-order valence-corrected chi connectivity index (χ1v) is 10.6. The van der Waals surface area contributed by atoms with Gasteiger partial charge in [0.25, 0.3) is 5.91 Å². The zero-order chi connectivity index (χ0) is 21.8. The largest absolute Gasteiger partial charge is 0.340 e. The topological polar surface area (TPSA) is 118 Å². The average Bonchev–Trinajstić information content (AvgIpc) is 2.60. The second-order valence-corrected chi connectivity index (χ2v) is 8.87. The monoisotopic (exact) mass is 441 g/mol. The van der Waals surface area contributed by atoms with E-state index in [9.17, 15) is 22.4 Å². The molecule has 1 atom stereocenters. The van der Waals surface area contributed by atoms with Gasteiger partial charge >= 0.3 is 0 Å². The van der Waals surface area contributed by atoms with Crippen molar-refractivity contribution in [1.29, 1.82) is 0 Å². The van der Waals surface area contributed by atoms with E-state index in [1.807, 2.05) is 13.8 Å². The predicted octanol–water partition coefficient (Wildman–Crippen LogP) is 2.91. The minimum Gasteiger partial charge on any atom is -0.340 e. The number of carbonyl (C=O) groups is 2. The Kier molecular flexibility index (Phi) is 7.34. The summed E-state index contributed by atoms with van der Waals surface area (Å²) in [5, 5.41) is 10.6. The van der Waals surface area contributed by atoms with Crippen LogP contribution in [0.15, 0.2) is 47.4 Å². The summed E-state index contributed by atoms with van der Waals surface area (Å²) in [4.78, 5) is 24.7. The molecule has 2 amide bonds. The van der Waals surface area contributed by atoms with E-state index >= 15 is 0 Å². The van der Waals surface area contributed by atoms with E-state index in [0.717, 1.165) is 18.2 Å². The fraction of sp³-hybridized carbons (Fsp3) is 0.263. The molecule has 10 heteroatoms. The first kappa shape index (κ1) is 22.8. The van der Waals surface area contributed by atoms with Crippen molar-refractivity contribution in [3.8, 4) is 0 Å². The zero-order valence-corrected chi connectivity index (χ0v) is 17.4. The molecule has 4 N–H and O–H groups in total. The summed E-state index contributed by atoms with van der Waals surface area (Å²) in [7, 11) is -4.15. The van der Waals surface area contributed by atoms with E-state index in [1.54, 1.807) is 12.1 Å². The van der Waals surface area contributed by atoms with Crippen molar-refractivity contribution >= 4 is 39.1 Å². The van der Waals surface area contributed by atoms with Crippen molar-refractivity contribution in [2.75, 3.05) is 5.32 Å². The summed E-state index contributed by atoms with van der Waals surface area (Å²) in [5.74, 6) is -1.92. The van der Waals surface area contributed by atoms with Crippen LogP contribution in [0.1, 0.15) is 30.6 Å². The number of hydrogen-bond donors (Lipinski definition) is 3. The maximum Gasteiger partial charge on any atom is 0.251 e. The van der Waals surface area contributed by atoms with Gasteiger partial charge in [0.05, 0.1) is 4.90 Å². The number of sulfonamides is 1. The van der Waals surface area contributed by atoms with Crippen LogP contribution in [-0.2, 0) is 14.8 Å². The van der Waals surface area contributed by atoms with Crippen LogP contribution in [0.25, 0.3) is 0 Å². The number of primary sulfonamides is 1. The van der Waals surface area contributed by atoms with Gasteiger partial charge in [-0.15, -0.1) is 0 Å². The van der Waals surface area contributed by atoms with Crippen LogP contribution in [0.5, 0.6) is 0 Å². The Balaban J connectivity index is 2.22. The molecule has 0 fully saturated rings. The highest BCUT2D eigenvalue weighted by atomic mass is 35.5. The molecule has 2 rings (SSSR count). The molecule has 2 aromatic carbocycles. The fourth-order valence-electron chi connectivity index (χ4n) is 2.57. The third-order valence-corrected chi connectivity index (χ3v) is 5.05. The Morgan fingerprint density at radius 1 is 1.14 bits per heavy atom. The minimum absolute atomic E-state index is 0.0590. The van der Waals surface area contributed by atoms with Crippen molar-refractivity contribution in [3.05, 3.63) is 58.9 Å². The molecule has 1 unspecified atom stereocenters. The van der Waals surface area contributed by atoms with E-state index in [2.05, 4.69) is 10.6 Å². The molecule has 0 radical (unpaired) electrons. The maximum absolute atomic E-state index is 13.7. The number of nitrogens with two attached hydrogens (primary N) is 1. The number of benzene rings is 2. The second-order valence-electron chi connectivity index (χ2n) is 6.87. The number of amides is 2. The number of carbonyl (C=O) groups excluding carboxylic acids is 2. The number of rotatable bonds is 7. The second kappa shape index (κ2) is 9.34. The number of anilines is 1. The minimum atomic E-state index is -4.15. The van der Waals surface area contributed by atoms with Crippen molar-refractivity contribution in [2.45, 2.75) is 31.2 Å². The highest BCUT2D eigenvalue weighted by Gasteiger charge is 2.23. The highest BCUT2D eigenvalue weighted by Crippen LogP contribution is 2.18. The van der Waals surface area contributed by atoms with Crippen LogP contribution >= 0.6 is 11.6 Å². The van der Waals surface area contributed by atoms with Crippen molar-refractivity contribution in [1.82, 2.24) is 5.32 Å². The lowest BCUT2D eigenvalue weighted by molar-refractivity contribution is -0.118. The SMILES string of the molecule is CC(C)CC(NC(=O)c1ccc(Cl)cc1)C(=O)Nc1cc(F)cc(S(N)(=O)=O)c1. The molecule has 0 aliphatic carbocycles. The standard InChI is InChI=1S/C19H21ClFN3O4S/c1-11(2)7-17(24-18(25)12-3-5-13(20)6-4-12)19(26)23-15-8-14(21)9-16(10-15)29(22,27)28/h3-6,8-11,17H,7H2,1-2H3,(H,23,26)(H,24,25)(H2,22,27,28). The molecule has 29 heavy (non-hydrogen) atoms. The summed E-state index contributed by atoms with van der Waals surface area (Å²) in [6, 6.07) is 7.97. The number of nitrogens with one attached hydrogen (secondary N) is 2. The molecule has 156 valence electrons. The van der Waals surface area contributed by atoms with Crippen LogP contribution in [-0.4, -0.2) is 26.3 Å². The third kappa shape index (κ3) is 6.81. The Morgan fingerprint density at radius 3 is 2.31 bits per heavy atom. The zero-order valence-electron chi connectivity index (χ0n) is 15.8. The Morgan fingerprint density at radius 2 is 1.76 bits per heavy atom. The van der Waals surface area contributed by atoms with E-state index in [4.69, 9.17) is 16.7 Å². The predicted molar refractivity (Wildman–Crippen MR) is 109 cm³/mol. The van der Waals surface area contributed by atoms with Crippen molar-refractivity contribution in [2.24, 2.45) is 11.1 Å². The van der Waals surface area contributed by atoms with Crippen molar-refractivity contribution in [3.63, 3.8) is 0 Å². The van der Waals surface area contributed by atoms with Gasteiger partial charge in [-0.3, -0.25) is 9.59 Å². The Hall–Kier alpha value is -2.49. The van der Waals surface area contributed by atoms with Gasteiger partial charge in [-0.05, 0) is 54.8 Å². The lowest BCUT2D eigenvalue weighted by Crippen LogP contribution is -2.44. The van der Waals surface area contributed by atoms with Gasteiger partial charge in [0.15, 0.2) is 0 Å².